The summed E-state index contributed by atoms with van der Waals surface area (Å²) < 4.78 is 11.1. The van der Waals surface area contributed by atoms with Crippen molar-refractivity contribution in [2.24, 2.45) is 0 Å². The highest BCUT2D eigenvalue weighted by Crippen LogP contribution is 2.29. The molecule has 1 aromatic carbocycles. The lowest BCUT2D eigenvalue weighted by atomic mass is 9.96. The largest absolute Gasteiger partial charge is 0.489 e. The fraction of sp³-hybridized carbons (Fsp3) is 0.600. The Hall–Kier alpha value is -1.46. The van der Waals surface area contributed by atoms with Gasteiger partial charge in [-0.15, -0.1) is 0 Å². The highest BCUT2D eigenvalue weighted by molar-refractivity contribution is 5.61. The Morgan fingerprint density at radius 2 is 2.30 bits per heavy atom. The van der Waals surface area contributed by atoms with Crippen LogP contribution in [0, 0.1) is 0 Å². The molecule has 0 aromatic heterocycles. The van der Waals surface area contributed by atoms with Crippen LogP contribution in [0.3, 0.4) is 0 Å². The van der Waals surface area contributed by atoms with E-state index < -0.39 is 5.60 Å². The minimum absolute atomic E-state index is 0.0694. The van der Waals surface area contributed by atoms with Crippen LogP contribution in [0.2, 0.25) is 0 Å². The van der Waals surface area contributed by atoms with Crippen molar-refractivity contribution in [1.29, 1.82) is 0 Å². The van der Waals surface area contributed by atoms with Gasteiger partial charge in [-0.2, -0.15) is 0 Å². The lowest BCUT2D eigenvalue weighted by Gasteiger charge is -2.27. The van der Waals surface area contributed by atoms with Gasteiger partial charge in [-0.3, -0.25) is 0 Å². The second-order valence-corrected chi connectivity index (χ2v) is 5.64. The standard InChI is InChI=1S/C15H24N2O3/c1-10(2)20-14-8-12(4-5-13(14)16)17-9-15(18)6-7-19-11(15)3/h4-5,8,10-11,17-18H,6-7,9,16H2,1-3H3. The van der Waals surface area contributed by atoms with Crippen LogP contribution < -0.4 is 15.8 Å². The van der Waals surface area contributed by atoms with Gasteiger partial charge in [0.05, 0.1) is 17.9 Å². The zero-order valence-electron chi connectivity index (χ0n) is 12.3. The van der Waals surface area contributed by atoms with Crippen molar-refractivity contribution in [2.75, 3.05) is 24.2 Å². The summed E-state index contributed by atoms with van der Waals surface area (Å²) in [7, 11) is 0. The van der Waals surface area contributed by atoms with Gasteiger partial charge in [0.15, 0.2) is 0 Å². The molecule has 1 aliphatic heterocycles. The Kier molecular flexibility index (Phi) is 4.40. The smallest absolute Gasteiger partial charge is 0.144 e. The number of rotatable bonds is 5. The zero-order valence-corrected chi connectivity index (χ0v) is 12.3. The predicted octanol–water partition coefficient (Wildman–Crippen LogP) is 2.01. The van der Waals surface area contributed by atoms with Crippen molar-refractivity contribution in [3.05, 3.63) is 18.2 Å². The van der Waals surface area contributed by atoms with Crippen LogP contribution in [0.5, 0.6) is 5.75 Å². The van der Waals surface area contributed by atoms with Crippen LogP contribution in [0.1, 0.15) is 27.2 Å². The first-order valence-electron chi connectivity index (χ1n) is 7.05. The molecule has 5 heteroatoms. The summed E-state index contributed by atoms with van der Waals surface area (Å²) in [4.78, 5) is 0. The summed E-state index contributed by atoms with van der Waals surface area (Å²) in [6, 6.07) is 5.55. The van der Waals surface area contributed by atoms with Crippen LogP contribution in [-0.4, -0.2) is 36.1 Å². The van der Waals surface area contributed by atoms with Crippen molar-refractivity contribution in [3.8, 4) is 5.75 Å². The van der Waals surface area contributed by atoms with Crippen LogP contribution in [0.4, 0.5) is 11.4 Å². The molecule has 0 amide bonds. The molecule has 2 atom stereocenters. The first-order valence-corrected chi connectivity index (χ1v) is 7.05. The number of anilines is 2. The highest BCUT2D eigenvalue weighted by atomic mass is 16.5. The minimum atomic E-state index is -0.819. The second kappa shape index (κ2) is 5.89. The van der Waals surface area contributed by atoms with Gasteiger partial charge in [0.1, 0.15) is 11.4 Å². The summed E-state index contributed by atoms with van der Waals surface area (Å²) in [5.41, 5.74) is 6.55. The maximum Gasteiger partial charge on any atom is 0.144 e. The van der Waals surface area contributed by atoms with E-state index in [-0.39, 0.29) is 12.2 Å². The van der Waals surface area contributed by atoms with Crippen LogP contribution in [0.25, 0.3) is 0 Å². The molecule has 1 aliphatic rings. The van der Waals surface area contributed by atoms with Crippen LogP contribution >= 0.6 is 0 Å². The molecule has 0 radical (unpaired) electrons. The van der Waals surface area contributed by atoms with Crippen molar-refractivity contribution in [2.45, 2.75) is 45.0 Å². The van der Waals surface area contributed by atoms with Gasteiger partial charge in [-0.1, -0.05) is 0 Å². The molecule has 0 spiro atoms. The van der Waals surface area contributed by atoms with Gasteiger partial charge in [0.2, 0.25) is 0 Å². The van der Waals surface area contributed by atoms with E-state index in [0.29, 0.717) is 31.0 Å². The fourth-order valence-electron chi connectivity index (χ4n) is 2.26. The van der Waals surface area contributed by atoms with Gasteiger partial charge < -0.3 is 25.6 Å². The van der Waals surface area contributed by atoms with Crippen molar-refractivity contribution in [1.82, 2.24) is 0 Å². The number of nitrogens with two attached hydrogens (primary N) is 1. The molecular formula is C15H24N2O3. The molecule has 2 rings (SSSR count). The van der Waals surface area contributed by atoms with E-state index in [0.717, 1.165) is 5.69 Å². The summed E-state index contributed by atoms with van der Waals surface area (Å²) in [5.74, 6) is 0.660. The molecule has 112 valence electrons. The van der Waals surface area contributed by atoms with Gasteiger partial charge in [-0.05, 0) is 32.9 Å². The normalized spacial score (nSPS) is 25.9. The van der Waals surface area contributed by atoms with E-state index in [4.69, 9.17) is 15.2 Å². The van der Waals surface area contributed by atoms with Crippen molar-refractivity contribution in [3.63, 3.8) is 0 Å². The number of ether oxygens (including phenoxy) is 2. The molecule has 1 fully saturated rings. The Bertz CT molecular complexity index is 464. The Morgan fingerprint density at radius 1 is 1.55 bits per heavy atom. The molecule has 1 heterocycles. The Balaban J connectivity index is 2.03. The third-order valence-electron chi connectivity index (χ3n) is 3.63. The Morgan fingerprint density at radius 3 is 2.90 bits per heavy atom. The van der Waals surface area contributed by atoms with Gasteiger partial charge >= 0.3 is 0 Å². The minimum Gasteiger partial charge on any atom is -0.489 e. The molecule has 20 heavy (non-hydrogen) atoms. The number of nitrogen functional groups attached to an aromatic ring is 1. The number of aliphatic hydroxyl groups is 1. The second-order valence-electron chi connectivity index (χ2n) is 5.64. The topological polar surface area (TPSA) is 76.7 Å². The first-order chi connectivity index (χ1) is 9.40. The highest BCUT2D eigenvalue weighted by Gasteiger charge is 2.39. The van der Waals surface area contributed by atoms with Gasteiger partial charge in [-0.25, -0.2) is 0 Å². The average Bonchev–Trinajstić information content (AvgIpc) is 2.71. The SMILES string of the molecule is CC(C)Oc1cc(NCC2(O)CCOC2C)ccc1N. The van der Waals surface area contributed by atoms with Crippen molar-refractivity contribution < 1.29 is 14.6 Å². The molecule has 1 saturated heterocycles. The Labute approximate surface area is 120 Å². The van der Waals surface area contributed by atoms with Crippen LogP contribution in [-0.2, 0) is 4.74 Å². The molecule has 0 saturated carbocycles. The monoisotopic (exact) mass is 280 g/mol. The molecule has 5 nitrogen and oxygen atoms in total. The molecule has 1 aromatic rings. The number of hydrogen-bond donors (Lipinski definition) is 3. The molecule has 0 bridgehead atoms. The van der Waals surface area contributed by atoms with E-state index in [9.17, 15) is 5.11 Å². The molecule has 4 N–H and O–H groups in total. The summed E-state index contributed by atoms with van der Waals surface area (Å²) in [6.45, 7) is 6.85. The number of benzene rings is 1. The molecule has 0 aliphatic carbocycles. The van der Waals surface area contributed by atoms with E-state index >= 15 is 0 Å². The summed E-state index contributed by atoms with van der Waals surface area (Å²) >= 11 is 0. The first kappa shape index (κ1) is 14.9. The van der Waals surface area contributed by atoms with Gasteiger partial charge in [0, 0.05) is 31.3 Å². The molecule has 2 unspecified atom stereocenters. The predicted molar refractivity (Wildman–Crippen MR) is 80.1 cm³/mol. The third-order valence-corrected chi connectivity index (χ3v) is 3.63. The van der Waals surface area contributed by atoms with Gasteiger partial charge in [0.25, 0.3) is 0 Å². The maximum absolute atomic E-state index is 10.4. The third kappa shape index (κ3) is 3.35. The van der Waals surface area contributed by atoms with Crippen LogP contribution in [0.15, 0.2) is 18.2 Å². The number of nitrogens with one attached hydrogen (secondary N) is 1. The summed E-state index contributed by atoms with van der Waals surface area (Å²) in [6.07, 6.45) is 0.557. The van der Waals surface area contributed by atoms with E-state index in [1.807, 2.05) is 32.9 Å². The average molecular weight is 280 g/mol. The lowest BCUT2D eigenvalue weighted by molar-refractivity contribution is -0.0175. The summed E-state index contributed by atoms with van der Waals surface area (Å²) in [5, 5.41) is 13.7. The van der Waals surface area contributed by atoms with E-state index in [1.54, 1.807) is 6.07 Å². The lowest BCUT2D eigenvalue weighted by Crippen LogP contribution is -2.43. The van der Waals surface area contributed by atoms with Crippen molar-refractivity contribution >= 4 is 11.4 Å². The molecular weight excluding hydrogens is 256 g/mol. The number of hydrogen-bond acceptors (Lipinski definition) is 5. The van der Waals surface area contributed by atoms with E-state index in [2.05, 4.69) is 5.32 Å². The maximum atomic E-state index is 10.4. The van der Waals surface area contributed by atoms with E-state index in [1.165, 1.54) is 0 Å². The quantitative estimate of drug-likeness (QED) is 0.719. The fourth-order valence-corrected chi connectivity index (χ4v) is 2.26. The zero-order chi connectivity index (χ0) is 14.8.